The number of halogens is 2. The van der Waals surface area contributed by atoms with Crippen molar-refractivity contribution < 1.29 is 14.4 Å². The van der Waals surface area contributed by atoms with Gasteiger partial charge >= 0.3 is 0 Å². The highest BCUT2D eigenvalue weighted by Crippen LogP contribution is 2.60. The van der Waals surface area contributed by atoms with Crippen LogP contribution in [0.2, 0.25) is 10.0 Å². The maximum Gasteiger partial charge on any atom is 0.258 e. The number of carbonyl (C=O) groups excluding carboxylic acids is 1. The van der Waals surface area contributed by atoms with Crippen LogP contribution in [0.4, 0.5) is 0 Å². The lowest BCUT2D eigenvalue weighted by molar-refractivity contribution is -0.156. The van der Waals surface area contributed by atoms with Crippen LogP contribution in [-0.4, -0.2) is 29.9 Å². The summed E-state index contributed by atoms with van der Waals surface area (Å²) in [5.74, 6) is 0.510. The molecule has 1 aliphatic heterocycles. The predicted molar refractivity (Wildman–Crippen MR) is 113 cm³/mol. The van der Waals surface area contributed by atoms with Gasteiger partial charge in [0.05, 0.1) is 0 Å². The van der Waals surface area contributed by atoms with Gasteiger partial charge in [0.1, 0.15) is 11.9 Å². The zero-order valence-corrected chi connectivity index (χ0v) is 17.6. The predicted octanol–water partition coefficient (Wildman–Crippen LogP) is 2.86. The first kappa shape index (κ1) is 20.1. The summed E-state index contributed by atoms with van der Waals surface area (Å²) in [4.78, 5) is 17.9. The van der Waals surface area contributed by atoms with Crippen LogP contribution < -0.4 is 26.2 Å². The van der Waals surface area contributed by atoms with Gasteiger partial charge in [-0.1, -0.05) is 35.3 Å². The Labute approximate surface area is 184 Å². The van der Waals surface area contributed by atoms with Crippen molar-refractivity contribution in [2.24, 2.45) is 0 Å². The van der Waals surface area contributed by atoms with Crippen LogP contribution in [0.3, 0.4) is 0 Å². The summed E-state index contributed by atoms with van der Waals surface area (Å²) in [5.41, 5.74) is 3.91. The molecule has 6 rings (SSSR count). The molecule has 2 atom stereocenters. The van der Waals surface area contributed by atoms with Crippen molar-refractivity contribution in [3.8, 4) is 5.75 Å². The van der Waals surface area contributed by atoms with E-state index in [9.17, 15) is 4.79 Å². The molecular weight excluding hydrogens is 427 g/mol. The van der Waals surface area contributed by atoms with E-state index in [4.69, 9.17) is 32.8 Å². The van der Waals surface area contributed by atoms with Crippen LogP contribution in [-0.2, 0) is 9.63 Å². The van der Waals surface area contributed by atoms with Crippen molar-refractivity contribution in [1.82, 2.24) is 21.4 Å². The van der Waals surface area contributed by atoms with Gasteiger partial charge in [0.15, 0.2) is 13.0 Å². The fourth-order valence-corrected chi connectivity index (χ4v) is 4.86. The van der Waals surface area contributed by atoms with E-state index in [1.54, 1.807) is 24.3 Å². The van der Waals surface area contributed by atoms with Crippen LogP contribution in [0, 0.1) is 0 Å². The Hall–Kier alpha value is -1.87. The fourth-order valence-electron chi connectivity index (χ4n) is 4.61. The van der Waals surface area contributed by atoms with Crippen molar-refractivity contribution in [2.75, 3.05) is 6.61 Å². The maximum atomic E-state index is 12.3. The standard InChI is InChI=1S/C21H22Cl2N4O3/c22-14-3-1-13(2-4-14)18-24-19(30-27-18)26-21-10-20(11-21,12-21)25-17(28)9-29-16-7-5-15(23)6-8-16/h1-8,18-19,24,26-27H,9-12H2,(H,25,28). The Kier molecular flexibility index (Phi) is 5.13. The molecule has 9 heteroatoms. The molecule has 4 N–H and O–H groups in total. The van der Waals surface area contributed by atoms with Crippen molar-refractivity contribution >= 4 is 29.1 Å². The van der Waals surface area contributed by atoms with Crippen molar-refractivity contribution in [1.29, 1.82) is 0 Å². The smallest absolute Gasteiger partial charge is 0.258 e. The second-order valence-electron chi connectivity index (χ2n) is 8.29. The van der Waals surface area contributed by atoms with E-state index in [2.05, 4.69) is 21.4 Å². The first-order valence-electron chi connectivity index (χ1n) is 9.83. The number of hydroxylamine groups is 1. The van der Waals surface area contributed by atoms with Crippen LogP contribution in [0.1, 0.15) is 31.0 Å². The molecule has 0 spiro atoms. The molecule has 4 fully saturated rings. The summed E-state index contributed by atoms with van der Waals surface area (Å²) in [7, 11) is 0. The van der Waals surface area contributed by atoms with Crippen LogP contribution in [0.25, 0.3) is 0 Å². The van der Waals surface area contributed by atoms with E-state index in [-0.39, 0.29) is 36.1 Å². The van der Waals surface area contributed by atoms with Gasteiger partial charge < -0.3 is 10.1 Å². The Morgan fingerprint density at radius 1 is 1.03 bits per heavy atom. The van der Waals surface area contributed by atoms with Crippen LogP contribution >= 0.6 is 23.2 Å². The van der Waals surface area contributed by atoms with Crippen LogP contribution in [0.5, 0.6) is 5.75 Å². The van der Waals surface area contributed by atoms with Gasteiger partial charge in [0, 0.05) is 21.1 Å². The minimum absolute atomic E-state index is 0.00144. The highest BCUT2D eigenvalue weighted by atomic mass is 35.5. The molecule has 158 valence electrons. The molecule has 0 aromatic heterocycles. The summed E-state index contributed by atoms with van der Waals surface area (Å²) in [5, 5.41) is 11.3. The number of carbonyl (C=O) groups is 1. The summed E-state index contributed by atoms with van der Waals surface area (Å²) in [6.45, 7) is -0.0101. The molecule has 0 radical (unpaired) electrons. The Morgan fingerprint density at radius 3 is 2.33 bits per heavy atom. The van der Waals surface area contributed by atoms with Gasteiger partial charge in [-0.3, -0.25) is 20.3 Å². The van der Waals surface area contributed by atoms with Gasteiger partial charge in [-0.25, -0.2) is 0 Å². The molecule has 30 heavy (non-hydrogen) atoms. The van der Waals surface area contributed by atoms with E-state index in [0.717, 1.165) is 24.8 Å². The molecule has 2 aromatic carbocycles. The fraction of sp³-hybridized carbons (Fsp3) is 0.381. The molecule has 1 amide bonds. The third-order valence-corrected chi connectivity index (χ3v) is 6.38. The lowest BCUT2D eigenvalue weighted by atomic mass is 9.44. The van der Waals surface area contributed by atoms with Crippen molar-refractivity contribution in [3.63, 3.8) is 0 Å². The zero-order chi connectivity index (χ0) is 20.8. The molecule has 1 heterocycles. The number of benzene rings is 2. The normalized spacial score (nSPS) is 31.5. The lowest BCUT2D eigenvalue weighted by Crippen LogP contribution is -2.84. The Bertz CT molecular complexity index is 918. The average Bonchev–Trinajstić information content (AvgIpc) is 3.14. The third kappa shape index (κ3) is 4.01. The first-order valence-corrected chi connectivity index (χ1v) is 10.6. The molecule has 1 saturated heterocycles. The second kappa shape index (κ2) is 7.67. The number of rotatable bonds is 7. The minimum Gasteiger partial charge on any atom is -0.484 e. The summed E-state index contributed by atoms with van der Waals surface area (Å²) in [6.07, 6.45) is 2.22. The molecule has 4 aliphatic rings. The summed E-state index contributed by atoms with van der Waals surface area (Å²) in [6, 6.07) is 14.6. The Balaban J connectivity index is 1.05. The number of nitrogens with one attached hydrogen (secondary N) is 4. The first-order chi connectivity index (χ1) is 14.4. The van der Waals surface area contributed by atoms with E-state index in [0.29, 0.717) is 15.8 Å². The highest BCUT2D eigenvalue weighted by Gasteiger charge is 2.69. The van der Waals surface area contributed by atoms with Crippen molar-refractivity contribution in [2.45, 2.75) is 42.9 Å². The van der Waals surface area contributed by atoms with Crippen LogP contribution in [0.15, 0.2) is 48.5 Å². The molecule has 3 saturated carbocycles. The molecule has 2 unspecified atom stereocenters. The van der Waals surface area contributed by atoms with Gasteiger partial charge in [0.25, 0.3) is 5.91 Å². The van der Waals surface area contributed by atoms with Gasteiger partial charge in [-0.05, 0) is 61.2 Å². The van der Waals surface area contributed by atoms with Gasteiger partial charge in [-0.15, -0.1) is 0 Å². The maximum absolute atomic E-state index is 12.3. The largest absolute Gasteiger partial charge is 0.484 e. The summed E-state index contributed by atoms with van der Waals surface area (Å²) < 4.78 is 5.52. The topological polar surface area (TPSA) is 83.7 Å². The lowest BCUT2D eigenvalue weighted by Gasteiger charge is -2.71. The SMILES string of the molecule is O=C(COc1ccc(Cl)cc1)NC12CC(NC3NC(c4ccc(Cl)cc4)NO3)(C1)C2. The molecular formula is C21H22Cl2N4O3. The monoisotopic (exact) mass is 448 g/mol. The van der Waals surface area contributed by atoms with E-state index < -0.39 is 0 Å². The van der Waals surface area contributed by atoms with E-state index >= 15 is 0 Å². The minimum atomic E-state index is -0.298. The third-order valence-electron chi connectivity index (χ3n) is 5.88. The zero-order valence-electron chi connectivity index (χ0n) is 16.1. The van der Waals surface area contributed by atoms with Crippen molar-refractivity contribution in [3.05, 3.63) is 64.1 Å². The Morgan fingerprint density at radius 2 is 1.67 bits per heavy atom. The second-order valence-corrected chi connectivity index (χ2v) is 9.17. The number of hydrogen-bond acceptors (Lipinski definition) is 6. The number of amides is 1. The van der Waals surface area contributed by atoms with Gasteiger partial charge in [-0.2, -0.15) is 5.48 Å². The summed E-state index contributed by atoms with van der Waals surface area (Å²) >= 11 is 11.8. The molecule has 3 aliphatic carbocycles. The molecule has 2 aromatic rings. The van der Waals surface area contributed by atoms with Gasteiger partial charge in [0.2, 0.25) is 0 Å². The number of ether oxygens (including phenoxy) is 1. The highest BCUT2D eigenvalue weighted by molar-refractivity contribution is 6.30. The average molecular weight is 449 g/mol. The number of hydrogen-bond donors (Lipinski definition) is 4. The quantitative estimate of drug-likeness (QED) is 0.521. The molecule has 7 nitrogen and oxygen atoms in total. The van der Waals surface area contributed by atoms with E-state index in [1.165, 1.54) is 0 Å². The van der Waals surface area contributed by atoms with E-state index in [1.807, 2.05) is 24.3 Å². The molecule has 2 bridgehead atoms.